The Kier molecular flexibility index (Phi) is 3.57. The van der Waals surface area contributed by atoms with E-state index in [0.29, 0.717) is 40.1 Å². The summed E-state index contributed by atoms with van der Waals surface area (Å²) in [5, 5.41) is 12.9. The lowest BCUT2D eigenvalue weighted by molar-refractivity contribution is 0.394. The van der Waals surface area contributed by atoms with Gasteiger partial charge in [-0.3, -0.25) is 0 Å². The minimum Gasteiger partial charge on any atom is -0.497 e. The van der Waals surface area contributed by atoms with E-state index in [1.165, 1.54) is 0 Å². The first kappa shape index (κ1) is 15.1. The van der Waals surface area contributed by atoms with Crippen LogP contribution in [0.15, 0.2) is 39.4 Å². The zero-order valence-electron chi connectivity index (χ0n) is 13.8. The molecule has 0 saturated carbocycles. The zero-order chi connectivity index (χ0) is 17.4. The van der Waals surface area contributed by atoms with Crippen LogP contribution in [0.4, 0.5) is 0 Å². The van der Waals surface area contributed by atoms with Crippen LogP contribution in [0, 0.1) is 6.92 Å². The standard InChI is InChI=1S/C17H14N4O4/c1-9-13-6-10(8-18-16(13)25-21-9)15-19-20-17(24-15)12-5-4-11(22-2)7-14(12)23-3/h4-8H,1-3H3. The summed E-state index contributed by atoms with van der Waals surface area (Å²) in [4.78, 5) is 4.22. The van der Waals surface area contributed by atoms with Crippen molar-refractivity contribution in [2.24, 2.45) is 0 Å². The molecule has 4 aromatic rings. The molecule has 3 heterocycles. The van der Waals surface area contributed by atoms with Gasteiger partial charge >= 0.3 is 0 Å². The van der Waals surface area contributed by atoms with Crippen molar-refractivity contribution >= 4 is 11.1 Å². The predicted octanol–water partition coefficient (Wildman–Crippen LogP) is 3.27. The molecule has 0 aliphatic carbocycles. The van der Waals surface area contributed by atoms with Crippen LogP contribution >= 0.6 is 0 Å². The third-order valence-corrected chi connectivity index (χ3v) is 3.82. The maximum Gasteiger partial charge on any atom is 0.257 e. The summed E-state index contributed by atoms with van der Waals surface area (Å²) in [6, 6.07) is 7.22. The Labute approximate surface area is 142 Å². The normalized spacial score (nSPS) is 11.0. The van der Waals surface area contributed by atoms with Gasteiger partial charge in [0.15, 0.2) is 0 Å². The van der Waals surface area contributed by atoms with Gasteiger partial charge < -0.3 is 18.4 Å². The molecule has 0 atom stereocenters. The first-order valence-corrected chi connectivity index (χ1v) is 7.48. The lowest BCUT2D eigenvalue weighted by Crippen LogP contribution is -1.90. The summed E-state index contributed by atoms with van der Waals surface area (Å²) >= 11 is 0. The van der Waals surface area contributed by atoms with Crippen molar-refractivity contribution in [3.63, 3.8) is 0 Å². The summed E-state index contributed by atoms with van der Waals surface area (Å²) < 4.78 is 21.5. The minimum atomic E-state index is 0.344. The molecular weight excluding hydrogens is 324 g/mol. The highest BCUT2D eigenvalue weighted by Gasteiger charge is 2.17. The number of aromatic nitrogens is 4. The number of hydrogen-bond donors (Lipinski definition) is 0. The van der Waals surface area contributed by atoms with E-state index in [1.54, 1.807) is 38.6 Å². The number of pyridine rings is 1. The summed E-state index contributed by atoms with van der Waals surface area (Å²) in [6.45, 7) is 1.85. The average Bonchev–Trinajstić information content (AvgIpc) is 3.28. The molecule has 0 bridgehead atoms. The molecule has 8 heteroatoms. The molecule has 25 heavy (non-hydrogen) atoms. The van der Waals surface area contributed by atoms with Crippen molar-refractivity contribution in [1.29, 1.82) is 0 Å². The molecule has 126 valence electrons. The molecule has 4 rings (SSSR count). The maximum absolute atomic E-state index is 5.80. The highest BCUT2D eigenvalue weighted by molar-refractivity contribution is 5.80. The molecule has 0 fully saturated rings. The summed E-state index contributed by atoms with van der Waals surface area (Å²) in [5.41, 5.74) is 2.58. The van der Waals surface area contributed by atoms with Crippen molar-refractivity contribution < 1.29 is 18.4 Å². The summed E-state index contributed by atoms with van der Waals surface area (Å²) in [6.07, 6.45) is 1.61. The van der Waals surface area contributed by atoms with Gasteiger partial charge in [0.1, 0.15) is 11.5 Å². The van der Waals surface area contributed by atoms with E-state index in [2.05, 4.69) is 20.3 Å². The maximum atomic E-state index is 5.80. The fourth-order valence-corrected chi connectivity index (χ4v) is 2.49. The Hall–Kier alpha value is -3.42. The minimum absolute atomic E-state index is 0.344. The Morgan fingerprint density at radius 1 is 1.00 bits per heavy atom. The van der Waals surface area contributed by atoms with Crippen molar-refractivity contribution in [2.45, 2.75) is 6.92 Å². The Morgan fingerprint density at radius 2 is 1.84 bits per heavy atom. The Bertz CT molecular complexity index is 1050. The van der Waals surface area contributed by atoms with Gasteiger partial charge in [0.25, 0.3) is 11.6 Å². The molecule has 0 radical (unpaired) electrons. The monoisotopic (exact) mass is 338 g/mol. The molecule has 0 unspecified atom stereocenters. The van der Waals surface area contributed by atoms with Crippen molar-refractivity contribution in [3.05, 3.63) is 36.2 Å². The van der Waals surface area contributed by atoms with Crippen LogP contribution in [0.3, 0.4) is 0 Å². The largest absolute Gasteiger partial charge is 0.497 e. The molecule has 1 aromatic carbocycles. The number of benzene rings is 1. The van der Waals surface area contributed by atoms with E-state index < -0.39 is 0 Å². The second-order valence-corrected chi connectivity index (χ2v) is 5.32. The number of methoxy groups -OCH3 is 2. The van der Waals surface area contributed by atoms with Gasteiger partial charge in [0, 0.05) is 12.3 Å². The molecule has 0 spiro atoms. The van der Waals surface area contributed by atoms with Gasteiger partial charge in [0.05, 0.1) is 36.4 Å². The molecule has 0 amide bonds. The van der Waals surface area contributed by atoms with Crippen molar-refractivity contribution in [3.8, 4) is 34.4 Å². The smallest absolute Gasteiger partial charge is 0.257 e. The highest BCUT2D eigenvalue weighted by atomic mass is 16.5. The van der Waals surface area contributed by atoms with Gasteiger partial charge in [0.2, 0.25) is 5.89 Å². The molecule has 0 saturated heterocycles. The second-order valence-electron chi connectivity index (χ2n) is 5.32. The molecule has 0 aliphatic heterocycles. The van der Waals surface area contributed by atoms with Crippen LogP contribution in [0.1, 0.15) is 5.69 Å². The average molecular weight is 338 g/mol. The first-order chi connectivity index (χ1) is 12.2. The Balaban J connectivity index is 1.75. The van der Waals surface area contributed by atoms with Crippen LogP contribution in [0.5, 0.6) is 11.5 Å². The number of ether oxygens (including phenoxy) is 2. The van der Waals surface area contributed by atoms with E-state index in [4.69, 9.17) is 18.4 Å². The number of nitrogens with zero attached hydrogens (tertiary/aromatic N) is 4. The SMILES string of the molecule is COc1ccc(-c2nnc(-c3cnc4onc(C)c4c3)o2)c(OC)c1. The zero-order valence-corrected chi connectivity index (χ0v) is 13.8. The van der Waals surface area contributed by atoms with E-state index in [9.17, 15) is 0 Å². The van der Waals surface area contributed by atoms with Gasteiger partial charge in [-0.1, -0.05) is 5.16 Å². The Morgan fingerprint density at radius 3 is 2.64 bits per heavy atom. The third kappa shape index (κ3) is 2.57. The van der Waals surface area contributed by atoms with Crippen molar-refractivity contribution in [1.82, 2.24) is 20.3 Å². The summed E-state index contributed by atoms with van der Waals surface area (Å²) in [5.74, 6) is 1.95. The number of aryl methyl sites for hydroxylation is 1. The predicted molar refractivity (Wildman–Crippen MR) is 88.4 cm³/mol. The van der Waals surface area contributed by atoms with Crippen LogP contribution in [0.2, 0.25) is 0 Å². The molecule has 3 aromatic heterocycles. The first-order valence-electron chi connectivity index (χ1n) is 7.48. The third-order valence-electron chi connectivity index (χ3n) is 3.82. The number of rotatable bonds is 4. The second kappa shape index (κ2) is 5.90. The van der Waals surface area contributed by atoms with Gasteiger partial charge in [-0.25, -0.2) is 4.98 Å². The van der Waals surface area contributed by atoms with Gasteiger partial charge in [-0.2, -0.15) is 0 Å². The van der Waals surface area contributed by atoms with Crippen LogP contribution in [-0.4, -0.2) is 34.6 Å². The highest BCUT2D eigenvalue weighted by Crippen LogP contribution is 2.34. The van der Waals surface area contributed by atoms with E-state index in [1.807, 2.05) is 13.0 Å². The number of hydrogen-bond acceptors (Lipinski definition) is 8. The fourth-order valence-electron chi connectivity index (χ4n) is 2.49. The van der Waals surface area contributed by atoms with Gasteiger partial charge in [-0.05, 0) is 25.1 Å². The lowest BCUT2D eigenvalue weighted by atomic mass is 10.2. The van der Waals surface area contributed by atoms with E-state index in [0.717, 1.165) is 11.1 Å². The van der Waals surface area contributed by atoms with Crippen LogP contribution in [-0.2, 0) is 0 Å². The summed E-state index contributed by atoms with van der Waals surface area (Å²) in [7, 11) is 3.16. The van der Waals surface area contributed by atoms with E-state index in [-0.39, 0.29) is 0 Å². The molecule has 8 nitrogen and oxygen atoms in total. The lowest BCUT2D eigenvalue weighted by Gasteiger charge is -2.07. The number of fused-ring (bicyclic) bond motifs is 1. The topological polar surface area (TPSA) is 96.3 Å². The molecule has 0 N–H and O–H groups in total. The van der Waals surface area contributed by atoms with Gasteiger partial charge in [-0.15, -0.1) is 10.2 Å². The van der Waals surface area contributed by atoms with Crippen LogP contribution < -0.4 is 9.47 Å². The van der Waals surface area contributed by atoms with E-state index >= 15 is 0 Å². The fraction of sp³-hybridized carbons (Fsp3) is 0.176. The molecule has 0 aliphatic rings. The van der Waals surface area contributed by atoms with Crippen molar-refractivity contribution in [2.75, 3.05) is 14.2 Å². The molecular formula is C17H14N4O4. The quantitative estimate of drug-likeness (QED) is 0.559. The van der Waals surface area contributed by atoms with Crippen LogP contribution in [0.25, 0.3) is 34.0 Å².